The number of likely N-dealkylation sites (N-methyl/N-ethyl adjacent to an activating group) is 1. The minimum absolute atomic E-state index is 0.123. The zero-order valence-corrected chi connectivity index (χ0v) is 12.4. The fourth-order valence-corrected chi connectivity index (χ4v) is 2.55. The van der Waals surface area contributed by atoms with Crippen LogP contribution >= 0.6 is 0 Å². The summed E-state index contributed by atoms with van der Waals surface area (Å²) in [5.41, 5.74) is 2.96. The molecule has 1 nitrogen and oxygen atoms in total. The SMILES string of the molecule is CCNC(c1ccc(C)c(F)c1)C(C)c1ccccc1. The van der Waals surface area contributed by atoms with E-state index in [1.54, 1.807) is 13.0 Å². The molecule has 2 unspecified atom stereocenters. The van der Waals surface area contributed by atoms with Crippen LogP contribution in [-0.2, 0) is 0 Å². The van der Waals surface area contributed by atoms with E-state index in [4.69, 9.17) is 0 Å². The van der Waals surface area contributed by atoms with E-state index in [2.05, 4.69) is 31.3 Å². The molecule has 2 aromatic rings. The van der Waals surface area contributed by atoms with Crippen LogP contribution in [0.1, 0.15) is 42.5 Å². The van der Waals surface area contributed by atoms with Crippen molar-refractivity contribution in [2.75, 3.05) is 6.54 Å². The summed E-state index contributed by atoms with van der Waals surface area (Å²) in [5.74, 6) is 0.156. The van der Waals surface area contributed by atoms with E-state index in [-0.39, 0.29) is 11.9 Å². The molecule has 0 saturated heterocycles. The average molecular weight is 271 g/mol. The Balaban J connectivity index is 2.33. The molecule has 20 heavy (non-hydrogen) atoms. The Hall–Kier alpha value is -1.67. The molecule has 1 N–H and O–H groups in total. The van der Waals surface area contributed by atoms with E-state index in [1.165, 1.54) is 5.56 Å². The highest BCUT2D eigenvalue weighted by Crippen LogP contribution is 2.31. The van der Waals surface area contributed by atoms with Crippen LogP contribution in [0.5, 0.6) is 0 Å². The van der Waals surface area contributed by atoms with Crippen LogP contribution in [-0.4, -0.2) is 6.54 Å². The topological polar surface area (TPSA) is 12.0 Å². The molecule has 0 aliphatic rings. The fourth-order valence-electron chi connectivity index (χ4n) is 2.55. The van der Waals surface area contributed by atoms with Gasteiger partial charge in [-0.1, -0.05) is 56.3 Å². The molecule has 2 aromatic carbocycles. The summed E-state index contributed by atoms with van der Waals surface area (Å²) in [7, 11) is 0. The summed E-state index contributed by atoms with van der Waals surface area (Å²) in [6, 6.07) is 16.0. The van der Waals surface area contributed by atoms with Gasteiger partial charge in [-0.2, -0.15) is 0 Å². The first kappa shape index (κ1) is 14.7. The predicted octanol–water partition coefficient (Wildman–Crippen LogP) is 4.59. The summed E-state index contributed by atoms with van der Waals surface area (Å²) in [5, 5.41) is 3.48. The van der Waals surface area contributed by atoms with Gasteiger partial charge in [0, 0.05) is 12.0 Å². The first-order valence-corrected chi connectivity index (χ1v) is 7.18. The minimum Gasteiger partial charge on any atom is -0.310 e. The van der Waals surface area contributed by atoms with Crippen LogP contribution in [0, 0.1) is 12.7 Å². The lowest BCUT2D eigenvalue weighted by atomic mass is 9.88. The number of hydrogen-bond acceptors (Lipinski definition) is 1. The lowest BCUT2D eigenvalue weighted by Gasteiger charge is -2.26. The Labute approximate surface area is 120 Å². The van der Waals surface area contributed by atoms with Gasteiger partial charge in [0.1, 0.15) is 5.82 Å². The van der Waals surface area contributed by atoms with Gasteiger partial charge in [0.25, 0.3) is 0 Å². The van der Waals surface area contributed by atoms with Gasteiger partial charge in [-0.05, 0) is 36.2 Å². The molecule has 0 fully saturated rings. The third kappa shape index (κ3) is 3.26. The molecule has 0 aliphatic carbocycles. The van der Waals surface area contributed by atoms with Crippen molar-refractivity contribution in [1.82, 2.24) is 5.32 Å². The molecule has 0 amide bonds. The molecular weight excluding hydrogens is 249 g/mol. The Bertz CT molecular complexity index is 551. The van der Waals surface area contributed by atoms with Gasteiger partial charge >= 0.3 is 0 Å². The molecule has 106 valence electrons. The second kappa shape index (κ2) is 6.67. The molecule has 0 radical (unpaired) electrons. The summed E-state index contributed by atoms with van der Waals surface area (Å²) in [4.78, 5) is 0. The van der Waals surface area contributed by atoms with Crippen molar-refractivity contribution in [3.8, 4) is 0 Å². The molecule has 2 atom stereocenters. The molecule has 0 spiro atoms. The normalized spacial score (nSPS) is 14.0. The standard InChI is InChI=1S/C18H22FN/c1-4-20-18(14(3)15-8-6-5-7-9-15)16-11-10-13(2)17(19)12-16/h5-12,14,18,20H,4H2,1-3H3. The van der Waals surface area contributed by atoms with Crippen LogP contribution < -0.4 is 5.32 Å². The van der Waals surface area contributed by atoms with Crippen LogP contribution in [0.3, 0.4) is 0 Å². The maximum Gasteiger partial charge on any atom is 0.126 e. The van der Waals surface area contributed by atoms with Crippen LogP contribution in [0.25, 0.3) is 0 Å². The summed E-state index contributed by atoms with van der Waals surface area (Å²) in [6.45, 7) is 6.91. The first-order chi connectivity index (χ1) is 9.63. The fraction of sp³-hybridized carbons (Fsp3) is 0.333. The summed E-state index contributed by atoms with van der Waals surface area (Å²) >= 11 is 0. The lowest BCUT2D eigenvalue weighted by molar-refractivity contribution is 0.476. The number of aryl methyl sites for hydroxylation is 1. The second-order valence-electron chi connectivity index (χ2n) is 5.24. The Kier molecular flexibility index (Phi) is 4.91. The average Bonchev–Trinajstić information content (AvgIpc) is 2.48. The quantitative estimate of drug-likeness (QED) is 0.838. The Morgan fingerprint density at radius 3 is 2.35 bits per heavy atom. The van der Waals surface area contributed by atoms with E-state index in [9.17, 15) is 4.39 Å². The lowest BCUT2D eigenvalue weighted by Crippen LogP contribution is -2.26. The monoisotopic (exact) mass is 271 g/mol. The smallest absolute Gasteiger partial charge is 0.126 e. The van der Waals surface area contributed by atoms with Gasteiger partial charge in [0.2, 0.25) is 0 Å². The molecule has 2 heteroatoms. The number of halogens is 1. The van der Waals surface area contributed by atoms with E-state index in [0.717, 1.165) is 12.1 Å². The molecule has 2 rings (SSSR count). The van der Waals surface area contributed by atoms with Crippen molar-refractivity contribution >= 4 is 0 Å². The first-order valence-electron chi connectivity index (χ1n) is 7.18. The third-order valence-corrected chi connectivity index (χ3v) is 3.80. The highest BCUT2D eigenvalue weighted by Gasteiger charge is 2.20. The van der Waals surface area contributed by atoms with E-state index < -0.39 is 0 Å². The van der Waals surface area contributed by atoms with Gasteiger partial charge in [0.05, 0.1) is 0 Å². The maximum atomic E-state index is 13.8. The number of rotatable bonds is 5. The van der Waals surface area contributed by atoms with E-state index in [1.807, 2.05) is 30.3 Å². The van der Waals surface area contributed by atoms with Crippen molar-refractivity contribution in [3.63, 3.8) is 0 Å². The van der Waals surface area contributed by atoms with E-state index in [0.29, 0.717) is 11.5 Å². The van der Waals surface area contributed by atoms with E-state index >= 15 is 0 Å². The molecule has 0 aromatic heterocycles. The van der Waals surface area contributed by atoms with Gasteiger partial charge in [-0.15, -0.1) is 0 Å². The third-order valence-electron chi connectivity index (χ3n) is 3.80. The zero-order chi connectivity index (χ0) is 14.5. The van der Waals surface area contributed by atoms with Crippen molar-refractivity contribution in [2.24, 2.45) is 0 Å². The predicted molar refractivity (Wildman–Crippen MR) is 82.4 cm³/mol. The van der Waals surface area contributed by atoms with Gasteiger partial charge in [0.15, 0.2) is 0 Å². The van der Waals surface area contributed by atoms with Crippen LogP contribution in [0.15, 0.2) is 48.5 Å². The Morgan fingerprint density at radius 2 is 1.75 bits per heavy atom. The van der Waals surface area contributed by atoms with Gasteiger partial charge in [-0.25, -0.2) is 4.39 Å². The maximum absolute atomic E-state index is 13.8. The van der Waals surface area contributed by atoms with Gasteiger partial charge < -0.3 is 5.32 Å². The highest BCUT2D eigenvalue weighted by atomic mass is 19.1. The van der Waals surface area contributed by atoms with Crippen molar-refractivity contribution < 1.29 is 4.39 Å². The molecule has 0 heterocycles. The number of nitrogens with one attached hydrogen (secondary N) is 1. The minimum atomic E-state index is -0.134. The molecular formula is C18H22FN. The van der Waals surface area contributed by atoms with Crippen LogP contribution in [0.4, 0.5) is 4.39 Å². The molecule has 0 bridgehead atoms. The largest absolute Gasteiger partial charge is 0.310 e. The van der Waals surface area contributed by atoms with Crippen molar-refractivity contribution in [2.45, 2.75) is 32.7 Å². The van der Waals surface area contributed by atoms with Crippen LogP contribution in [0.2, 0.25) is 0 Å². The Morgan fingerprint density at radius 1 is 1.05 bits per heavy atom. The van der Waals surface area contributed by atoms with Gasteiger partial charge in [-0.3, -0.25) is 0 Å². The van der Waals surface area contributed by atoms with Crippen molar-refractivity contribution in [1.29, 1.82) is 0 Å². The summed E-state index contributed by atoms with van der Waals surface area (Å²) in [6.07, 6.45) is 0. The second-order valence-corrected chi connectivity index (χ2v) is 5.24. The summed E-state index contributed by atoms with van der Waals surface area (Å²) < 4.78 is 13.8. The zero-order valence-electron chi connectivity index (χ0n) is 12.4. The molecule has 0 aliphatic heterocycles. The van der Waals surface area contributed by atoms with Crippen molar-refractivity contribution in [3.05, 3.63) is 71.0 Å². The highest BCUT2D eigenvalue weighted by molar-refractivity contribution is 5.30. The molecule has 0 saturated carbocycles. The number of benzene rings is 2. The number of hydrogen-bond donors (Lipinski definition) is 1.